The van der Waals surface area contributed by atoms with E-state index in [4.69, 9.17) is 9.47 Å². The third kappa shape index (κ3) is 3.18. The molecule has 1 unspecified atom stereocenters. The first kappa shape index (κ1) is 10.4. The van der Waals surface area contributed by atoms with E-state index < -0.39 is 0 Å². The zero-order valence-electron chi connectivity index (χ0n) is 8.41. The molecule has 1 aromatic carbocycles. The van der Waals surface area contributed by atoms with Gasteiger partial charge in [0.1, 0.15) is 18.2 Å². The van der Waals surface area contributed by atoms with E-state index >= 15 is 0 Å². The van der Waals surface area contributed by atoms with Crippen LogP contribution < -0.4 is 10.1 Å². The number of morpholine rings is 1. The predicted molar refractivity (Wildman–Crippen MR) is 54.5 cm³/mol. The Morgan fingerprint density at radius 3 is 3.20 bits per heavy atom. The zero-order valence-corrected chi connectivity index (χ0v) is 8.41. The van der Waals surface area contributed by atoms with Gasteiger partial charge in [0.25, 0.3) is 0 Å². The Kier molecular flexibility index (Phi) is 3.53. The van der Waals surface area contributed by atoms with Gasteiger partial charge in [-0.05, 0) is 12.1 Å². The standard InChI is InChI=1S/C11H14FNO2/c12-9-2-1-3-11(6-9)15-8-10-7-14-5-4-13-10/h1-3,6,10,13H,4-5,7-8H2. The van der Waals surface area contributed by atoms with Gasteiger partial charge in [-0.1, -0.05) is 6.07 Å². The summed E-state index contributed by atoms with van der Waals surface area (Å²) in [5.41, 5.74) is 0. The summed E-state index contributed by atoms with van der Waals surface area (Å²) in [6.45, 7) is 2.74. The summed E-state index contributed by atoms with van der Waals surface area (Å²) in [4.78, 5) is 0. The van der Waals surface area contributed by atoms with Gasteiger partial charge >= 0.3 is 0 Å². The SMILES string of the molecule is Fc1cccc(OCC2COCCN2)c1. The topological polar surface area (TPSA) is 30.5 Å². The minimum atomic E-state index is -0.277. The number of hydrogen-bond acceptors (Lipinski definition) is 3. The minimum absolute atomic E-state index is 0.196. The molecule has 0 aromatic heterocycles. The largest absolute Gasteiger partial charge is 0.492 e. The predicted octanol–water partition coefficient (Wildman–Crippen LogP) is 1.19. The van der Waals surface area contributed by atoms with E-state index in [0.29, 0.717) is 19.0 Å². The number of rotatable bonds is 3. The Morgan fingerprint density at radius 2 is 2.47 bits per heavy atom. The molecule has 0 bridgehead atoms. The summed E-state index contributed by atoms with van der Waals surface area (Å²) in [5.74, 6) is 0.280. The molecule has 82 valence electrons. The third-order valence-corrected chi connectivity index (χ3v) is 2.25. The number of halogens is 1. The number of benzene rings is 1. The molecule has 0 saturated carbocycles. The summed E-state index contributed by atoms with van der Waals surface area (Å²) >= 11 is 0. The van der Waals surface area contributed by atoms with Crippen LogP contribution in [0.3, 0.4) is 0 Å². The van der Waals surface area contributed by atoms with E-state index in [1.807, 2.05) is 0 Å². The average molecular weight is 211 g/mol. The fourth-order valence-corrected chi connectivity index (χ4v) is 1.48. The summed E-state index contributed by atoms with van der Waals surface area (Å²) in [6.07, 6.45) is 0. The van der Waals surface area contributed by atoms with Crippen molar-refractivity contribution in [3.05, 3.63) is 30.1 Å². The molecule has 0 radical (unpaired) electrons. The molecule has 1 N–H and O–H groups in total. The summed E-state index contributed by atoms with van der Waals surface area (Å²) < 4.78 is 23.5. The van der Waals surface area contributed by atoms with Crippen molar-refractivity contribution in [1.29, 1.82) is 0 Å². The lowest BCUT2D eigenvalue weighted by molar-refractivity contribution is 0.0592. The number of hydrogen-bond donors (Lipinski definition) is 1. The quantitative estimate of drug-likeness (QED) is 0.814. The van der Waals surface area contributed by atoms with E-state index in [1.54, 1.807) is 12.1 Å². The highest BCUT2D eigenvalue weighted by molar-refractivity contribution is 5.22. The Morgan fingerprint density at radius 1 is 1.53 bits per heavy atom. The second-order valence-corrected chi connectivity index (χ2v) is 3.49. The molecule has 1 aromatic rings. The smallest absolute Gasteiger partial charge is 0.126 e. The molecule has 0 spiro atoms. The maximum Gasteiger partial charge on any atom is 0.126 e. The van der Waals surface area contributed by atoms with Gasteiger partial charge in [0, 0.05) is 12.6 Å². The van der Waals surface area contributed by atoms with Crippen molar-refractivity contribution in [3.63, 3.8) is 0 Å². The number of nitrogens with one attached hydrogen (secondary N) is 1. The molecule has 0 aliphatic carbocycles. The summed E-state index contributed by atoms with van der Waals surface area (Å²) in [5, 5.41) is 3.26. The third-order valence-electron chi connectivity index (χ3n) is 2.25. The summed E-state index contributed by atoms with van der Waals surface area (Å²) in [7, 11) is 0. The van der Waals surface area contributed by atoms with Gasteiger partial charge in [0.05, 0.1) is 19.3 Å². The van der Waals surface area contributed by atoms with Crippen LogP contribution in [0.5, 0.6) is 5.75 Å². The molecule has 15 heavy (non-hydrogen) atoms. The molecular weight excluding hydrogens is 197 g/mol. The van der Waals surface area contributed by atoms with Crippen LogP contribution >= 0.6 is 0 Å². The van der Waals surface area contributed by atoms with Crippen LogP contribution in [0.25, 0.3) is 0 Å². The Balaban J connectivity index is 1.81. The van der Waals surface area contributed by atoms with E-state index in [9.17, 15) is 4.39 Å². The first-order chi connectivity index (χ1) is 7.34. The fourth-order valence-electron chi connectivity index (χ4n) is 1.48. The van der Waals surface area contributed by atoms with Crippen LogP contribution in [0, 0.1) is 5.82 Å². The van der Waals surface area contributed by atoms with Crippen molar-refractivity contribution in [2.24, 2.45) is 0 Å². The van der Waals surface area contributed by atoms with Gasteiger partial charge < -0.3 is 14.8 Å². The highest BCUT2D eigenvalue weighted by atomic mass is 19.1. The Labute approximate surface area is 88.2 Å². The molecule has 1 aliphatic heterocycles. The van der Waals surface area contributed by atoms with Crippen LogP contribution in [0.2, 0.25) is 0 Å². The Hall–Kier alpha value is -1.13. The van der Waals surface area contributed by atoms with E-state index in [1.165, 1.54) is 12.1 Å². The van der Waals surface area contributed by atoms with Crippen molar-refractivity contribution in [1.82, 2.24) is 5.32 Å². The lowest BCUT2D eigenvalue weighted by Crippen LogP contribution is -2.44. The second kappa shape index (κ2) is 5.09. The second-order valence-electron chi connectivity index (χ2n) is 3.49. The lowest BCUT2D eigenvalue weighted by Gasteiger charge is -2.23. The van der Waals surface area contributed by atoms with Crippen molar-refractivity contribution < 1.29 is 13.9 Å². The molecule has 4 heteroatoms. The highest BCUT2D eigenvalue weighted by Gasteiger charge is 2.13. The average Bonchev–Trinajstić information content (AvgIpc) is 2.28. The van der Waals surface area contributed by atoms with Crippen LogP contribution in [-0.2, 0) is 4.74 Å². The van der Waals surface area contributed by atoms with Gasteiger partial charge in [0.15, 0.2) is 0 Å². The van der Waals surface area contributed by atoms with Crippen molar-refractivity contribution >= 4 is 0 Å². The van der Waals surface area contributed by atoms with Gasteiger partial charge in [-0.2, -0.15) is 0 Å². The maximum atomic E-state index is 12.8. The van der Waals surface area contributed by atoms with Crippen LogP contribution in [0.15, 0.2) is 24.3 Å². The molecule has 1 atom stereocenters. The first-order valence-electron chi connectivity index (χ1n) is 5.04. The van der Waals surface area contributed by atoms with Crippen LogP contribution in [0.1, 0.15) is 0 Å². The monoisotopic (exact) mass is 211 g/mol. The van der Waals surface area contributed by atoms with Gasteiger partial charge in [-0.25, -0.2) is 4.39 Å². The molecular formula is C11H14FNO2. The van der Waals surface area contributed by atoms with E-state index in [0.717, 1.165) is 13.2 Å². The van der Waals surface area contributed by atoms with E-state index in [-0.39, 0.29) is 11.9 Å². The molecule has 1 aliphatic rings. The van der Waals surface area contributed by atoms with Crippen molar-refractivity contribution in [2.45, 2.75) is 6.04 Å². The minimum Gasteiger partial charge on any atom is -0.492 e. The molecule has 2 rings (SSSR count). The van der Waals surface area contributed by atoms with Crippen LogP contribution in [0.4, 0.5) is 4.39 Å². The first-order valence-corrected chi connectivity index (χ1v) is 5.04. The highest BCUT2D eigenvalue weighted by Crippen LogP contribution is 2.12. The maximum absolute atomic E-state index is 12.8. The lowest BCUT2D eigenvalue weighted by atomic mass is 10.3. The van der Waals surface area contributed by atoms with Gasteiger partial charge in [-0.3, -0.25) is 0 Å². The Bertz CT molecular complexity index is 313. The fraction of sp³-hybridized carbons (Fsp3) is 0.455. The molecule has 1 saturated heterocycles. The molecule has 1 fully saturated rings. The number of ether oxygens (including phenoxy) is 2. The molecule has 3 nitrogen and oxygen atoms in total. The molecule has 0 amide bonds. The van der Waals surface area contributed by atoms with Crippen molar-refractivity contribution in [3.8, 4) is 5.75 Å². The normalized spacial score (nSPS) is 21.3. The summed E-state index contributed by atoms with van der Waals surface area (Å²) in [6, 6.07) is 6.35. The van der Waals surface area contributed by atoms with Crippen LogP contribution in [-0.4, -0.2) is 32.4 Å². The van der Waals surface area contributed by atoms with E-state index in [2.05, 4.69) is 5.32 Å². The van der Waals surface area contributed by atoms with Crippen molar-refractivity contribution in [2.75, 3.05) is 26.4 Å². The zero-order chi connectivity index (χ0) is 10.5. The molecule has 1 heterocycles. The van der Waals surface area contributed by atoms with Gasteiger partial charge in [0.2, 0.25) is 0 Å². The van der Waals surface area contributed by atoms with Gasteiger partial charge in [-0.15, -0.1) is 0 Å².